The predicted octanol–water partition coefficient (Wildman–Crippen LogP) is 2.29. The largest absolute Gasteiger partial charge is 0.395 e. The van der Waals surface area contributed by atoms with Gasteiger partial charge in [0.15, 0.2) is 0 Å². The Bertz CT molecular complexity index is 809. The quantitative estimate of drug-likeness (QED) is 0.320. The molecule has 1 N–H and O–H groups in total. The van der Waals surface area contributed by atoms with Crippen LogP contribution in [0.25, 0.3) is 0 Å². The maximum Gasteiger partial charge on any atom is 0.247 e. The summed E-state index contributed by atoms with van der Waals surface area (Å²) in [6.45, 7) is 14.8. The number of rotatable bonds is 11. The Balaban J connectivity index is 2.06. The van der Waals surface area contributed by atoms with Gasteiger partial charge in [0.1, 0.15) is 6.04 Å². The second-order valence-electron chi connectivity index (χ2n) is 9.36. The average Bonchev–Trinajstić information content (AvgIpc) is 3.35. The molecule has 3 fully saturated rings. The lowest BCUT2D eigenvalue weighted by atomic mass is 9.70. The van der Waals surface area contributed by atoms with Crippen LogP contribution in [0.3, 0.4) is 0 Å². The first-order chi connectivity index (χ1) is 15.7. The molecule has 6 atom stereocenters. The number of halogens is 1. The van der Waals surface area contributed by atoms with Crippen molar-refractivity contribution in [2.75, 3.05) is 32.8 Å². The Morgan fingerprint density at radius 1 is 1.30 bits per heavy atom. The molecule has 2 bridgehead atoms. The molecule has 3 rings (SSSR count). The maximum atomic E-state index is 13.9. The number of nitrogens with zero attached hydrogens (tertiary/aromatic N) is 3. The van der Waals surface area contributed by atoms with E-state index < -0.39 is 22.6 Å². The van der Waals surface area contributed by atoms with Crippen molar-refractivity contribution in [2.24, 2.45) is 11.8 Å². The van der Waals surface area contributed by atoms with Gasteiger partial charge in [0.25, 0.3) is 0 Å². The number of aliphatic hydroxyl groups is 1. The van der Waals surface area contributed by atoms with Crippen LogP contribution in [0, 0.1) is 11.8 Å². The van der Waals surface area contributed by atoms with Crippen LogP contribution >= 0.6 is 27.7 Å². The van der Waals surface area contributed by atoms with Crippen molar-refractivity contribution in [1.29, 1.82) is 0 Å². The van der Waals surface area contributed by atoms with Gasteiger partial charge in [0.2, 0.25) is 17.7 Å². The zero-order valence-electron chi connectivity index (χ0n) is 19.8. The molecule has 0 aromatic heterocycles. The summed E-state index contributed by atoms with van der Waals surface area (Å²) < 4.78 is -0.692. The van der Waals surface area contributed by atoms with Crippen molar-refractivity contribution < 1.29 is 19.5 Å². The van der Waals surface area contributed by atoms with Crippen molar-refractivity contribution >= 4 is 45.4 Å². The van der Waals surface area contributed by atoms with E-state index in [1.54, 1.807) is 33.7 Å². The van der Waals surface area contributed by atoms with Crippen LogP contribution in [0.2, 0.25) is 0 Å². The van der Waals surface area contributed by atoms with Crippen molar-refractivity contribution in [1.82, 2.24) is 14.7 Å². The van der Waals surface area contributed by atoms with Gasteiger partial charge in [0, 0.05) is 42.3 Å². The van der Waals surface area contributed by atoms with Crippen LogP contribution in [0.15, 0.2) is 25.3 Å². The van der Waals surface area contributed by atoms with Crippen LogP contribution in [-0.2, 0) is 14.4 Å². The van der Waals surface area contributed by atoms with Crippen LogP contribution in [0.1, 0.15) is 33.6 Å². The third-order valence-electron chi connectivity index (χ3n) is 7.04. The molecule has 0 radical (unpaired) electrons. The molecule has 184 valence electrons. The topological polar surface area (TPSA) is 81.2 Å². The molecule has 3 aliphatic heterocycles. The standard InChI is InChI=1S/C24H36BrN3O4S/c1-6-9-26(10-7-2)21(30)17-18-22(31)28(12-13-29)20(23(32)27(11-8-3)15(4)5)24(18)14-16(25)19(17)33-24/h6,8,15-20,29H,1,3,7,9-14H2,2,4-5H3/t16?,17-,18-,19-,20?,24?/m0/s1. The molecule has 3 heterocycles. The molecule has 9 heteroatoms. The highest BCUT2D eigenvalue weighted by molar-refractivity contribution is 9.09. The normalized spacial score (nSPS) is 32.2. The molecule has 1 spiro atoms. The van der Waals surface area contributed by atoms with Crippen molar-refractivity contribution in [2.45, 2.75) is 60.5 Å². The first-order valence-electron chi connectivity index (χ1n) is 11.7. The zero-order valence-corrected chi connectivity index (χ0v) is 22.2. The second kappa shape index (κ2) is 10.5. The van der Waals surface area contributed by atoms with E-state index in [0.717, 1.165) is 6.42 Å². The number of fused-ring (bicyclic) bond motifs is 1. The molecule has 7 nitrogen and oxygen atoms in total. The van der Waals surface area contributed by atoms with E-state index >= 15 is 0 Å². The summed E-state index contributed by atoms with van der Waals surface area (Å²) >= 11 is 5.41. The minimum absolute atomic E-state index is 0.0315. The molecule has 0 aromatic rings. The third kappa shape index (κ3) is 4.29. The first-order valence-corrected chi connectivity index (χ1v) is 13.5. The SMILES string of the molecule is C=CCN(CCC)C(=O)[C@H]1[C@H]2C(=O)N(CCO)C(C(=O)N(CC=C)C(C)C)C23CC(Br)[C@@H]1S3. The van der Waals surface area contributed by atoms with Crippen molar-refractivity contribution in [3.8, 4) is 0 Å². The van der Waals surface area contributed by atoms with Gasteiger partial charge in [0.05, 0.1) is 23.2 Å². The number of thioether (sulfide) groups is 1. The summed E-state index contributed by atoms with van der Waals surface area (Å²) in [5.41, 5.74) is 0. The van der Waals surface area contributed by atoms with Gasteiger partial charge >= 0.3 is 0 Å². The van der Waals surface area contributed by atoms with Gasteiger partial charge in [-0.3, -0.25) is 14.4 Å². The molecule has 3 amide bonds. The fourth-order valence-electron chi connectivity index (χ4n) is 5.82. The average molecular weight is 543 g/mol. The minimum Gasteiger partial charge on any atom is -0.395 e. The Morgan fingerprint density at radius 2 is 1.97 bits per heavy atom. The summed E-state index contributed by atoms with van der Waals surface area (Å²) in [4.78, 5) is 46.5. The van der Waals surface area contributed by atoms with Gasteiger partial charge in [-0.1, -0.05) is 35.0 Å². The van der Waals surface area contributed by atoms with Crippen LogP contribution in [0.4, 0.5) is 0 Å². The third-order valence-corrected chi connectivity index (χ3v) is 10.3. The lowest BCUT2D eigenvalue weighted by molar-refractivity contribution is -0.145. The van der Waals surface area contributed by atoms with Gasteiger partial charge in [-0.15, -0.1) is 24.9 Å². The van der Waals surface area contributed by atoms with E-state index in [-0.39, 0.29) is 47.0 Å². The number of alkyl halides is 1. The number of amides is 3. The number of carbonyl (C=O) groups excluding carboxylic acids is 3. The van der Waals surface area contributed by atoms with E-state index in [0.29, 0.717) is 26.1 Å². The zero-order chi connectivity index (χ0) is 24.5. The number of hydrogen-bond acceptors (Lipinski definition) is 5. The fourth-order valence-corrected chi connectivity index (χ4v) is 9.42. The van der Waals surface area contributed by atoms with Gasteiger partial charge in [-0.25, -0.2) is 0 Å². The molecule has 0 aromatic carbocycles. The number of hydrogen-bond donors (Lipinski definition) is 1. The maximum absolute atomic E-state index is 13.9. The Morgan fingerprint density at radius 3 is 2.52 bits per heavy atom. The lowest BCUT2D eigenvalue weighted by Gasteiger charge is -2.39. The summed E-state index contributed by atoms with van der Waals surface area (Å²) in [7, 11) is 0. The fraction of sp³-hybridized carbons (Fsp3) is 0.708. The molecule has 3 aliphatic rings. The highest BCUT2D eigenvalue weighted by Gasteiger charge is 2.76. The lowest BCUT2D eigenvalue weighted by Crippen LogP contribution is -2.57. The highest BCUT2D eigenvalue weighted by Crippen LogP contribution is 2.68. The molecule has 3 saturated heterocycles. The molecule has 0 aliphatic carbocycles. The van der Waals surface area contributed by atoms with E-state index in [1.165, 1.54) is 4.90 Å². The summed E-state index contributed by atoms with van der Waals surface area (Å²) in [5, 5.41) is 9.67. The Hall–Kier alpha value is -1.32. The summed E-state index contributed by atoms with van der Waals surface area (Å²) in [6.07, 6.45) is 4.85. The monoisotopic (exact) mass is 541 g/mol. The summed E-state index contributed by atoms with van der Waals surface area (Å²) in [5.74, 6) is -1.43. The highest BCUT2D eigenvalue weighted by atomic mass is 79.9. The predicted molar refractivity (Wildman–Crippen MR) is 135 cm³/mol. The molecule has 0 saturated carbocycles. The Kier molecular flexibility index (Phi) is 8.38. The van der Waals surface area contributed by atoms with Gasteiger partial charge < -0.3 is 19.8 Å². The van der Waals surface area contributed by atoms with E-state index in [9.17, 15) is 19.5 Å². The van der Waals surface area contributed by atoms with E-state index in [2.05, 4.69) is 29.1 Å². The molecule has 3 unspecified atom stereocenters. The van der Waals surface area contributed by atoms with E-state index in [4.69, 9.17) is 0 Å². The molecule has 33 heavy (non-hydrogen) atoms. The number of aliphatic hydroxyl groups excluding tert-OH is 1. The molecular weight excluding hydrogens is 506 g/mol. The second-order valence-corrected chi connectivity index (χ2v) is 12.1. The van der Waals surface area contributed by atoms with Crippen molar-refractivity contribution in [3.05, 3.63) is 25.3 Å². The van der Waals surface area contributed by atoms with Gasteiger partial charge in [-0.05, 0) is 26.7 Å². The van der Waals surface area contributed by atoms with Crippen molar-refractivity contribution in [3.63, 3.8) is 0 Å². The number of β-amino-alcohol motifs (C(OH)–C–C–N with tert-alkyl or cyclic N) is 1. The number of carbonyl (C=O) groups is 3. The molecular formula is C24H36BrN3O4S. The van der Waals surface area contributed by atoms with Crippen LogP contribution < -0.4 is 0 Å². The summed E-state index contributed by atoms with van der Waals surface area (Å²) in [6, 6.07) is -0.776. The smallest absolute Gasteiger partial charge is 0.247 e. The number of likely N-dealkylation sites (tertiary alicyclic amines) is 1. The van der Waals surface area contributed by atoms with Crippen LogP contribution in [0.5, 0.6) is 0 Å². The Labute approximate surface area is 209 Å². The van der Waals surface area contributed by atoms with E-state index in [1.807, 2.05) is 20.8 Å². The first kappa shape index (κ1) is 26.3. The van der Waals surface area contributed by atoms with Gasteiger partial charge in [-0.2, -0.15) is 0 Å². The minimum atomic E-state index is -0.712. The van der Waals surface area contributed by atoms with Crippen LogP contribution in [-0.4, -0.2) is 97.2 Å².